The van der Waals surface area contributed by atoms with Crippen molar-refractivity contribution in [3.63, 3.8) is 0 Å². The summed E-state index contributed by atoms with van der Waals surface area (Å²) in [6.45, 7) is 1.17. The van der Waals surface area contributed by atoms with Crippen LogP contribution >= 0.6 is 11.3 Å². The summed E-state index contributed by atoms with van der Waals surface area (Å²) in [4.78, 5) is 36.5. The molecule has 8 nitrogen and oxygen atoms in total. The molecule has 0 unspecified atom stereocenters. The largest absolute Gasteiger partial charge is 0.463 e. The number of carbonyl (C=O) groups excluding carboxylic acids is 2. The molecule has 4 aromatic heterocycles. The molecule has 5 rings (SSSR count). The predicted octanol–water partition coefficient (Wildman–Crippen LogP) is 2.35. The van der Waals surface area contributed by atoms with Crippen molar-refractivity contribution >= 4 is 28.8 Å². The van der Waals surface area contributed by atoms with Crippen molar-refractivity contribution in [3.8, 4) is 11.5 Å². The standard InChI is InChI=1S/C19H15N5O3S/c20-17(25)16-18-22-12(8-13(24(18)10-21-16)14-2-1-6-27-14)19(26)23-5-3-15-11(9-23)4-7-28-15/h1-2,4,6-8,10H,3,5,9H2,(H2,20,25). The highest BCUT2D eigenvalue weighted by Crippen LogP contribution is 2.27. The molecule has 1 aliphatic rings. The highest BCUT2D eigenvalue weighted by molar-refractivity contribution is 7.10. The molecule has 1 aliphatic heterocycles. The third-order valence-corrected chi connectivity index (χ3v) is 5.85. The first kappa shape index (κ1) is 16.7. The Morgan fingerprint density at radius 2 is 2.18 bits per heavy atom. The van der Waals surface area contributed by atoms with Crippen LogP contribution in [0.1, 0.15) is 31.4 Å². The van der Waals surface area contributed by atoms with E-state index in [1.54, 1.807) is 38.8 Å². The normalized spacial score (nSPS) is 13.6. The van der Waals surface area contributed by atoms with E-state index in [1.165, 1.54) is 23.0 Å². The van der Waals surface area contributed by atoms with Gasteiger partial charge in [-0.05, 0) is 41.6 Å². The molecule has 0 aromatic carbocycles. The Morgan fingerprint density at radius 1 is 1.29 bits per heavy atom. The summed E-state index contributed by atoms with van der Waals surface area (Å²) in [5.41, 5.74) is 7.64. The number of hydrogen-bond acceptors (Lipinski definition) is 6. The molecule has 0 spiro atoms. The summed E-state index contributed by atoms with van der Waals surface area (Å²) >= 11 is 1.71. The third kappa shape index (κ3) is 2.59. The molecule has 0 aliphatic carbocycles. The molecule has 28 heavy (non-hydrogen) atoms. The maximum absolute atomic E-state index is 13.2. The van der Waals surface area contributed by atoms with Crippen molar-refractivity contribution in [1.82, 2.24) is 19.3 Å². The van der Waals surface area contributed by atoms with E-state index < -0.39 is 5.91 Å². The molecule has 140 valence electrons. The van der Waals surface area contributed by atoms with Crippen LogP contribution in [0.4, 0.5) is 0 Å². The van der Waals surface area contributed by atoms with Crippen LogP contribution in [0.3, 0.4) is 0 Å². The fraction of sp³-hybridized carbons (Fsp3) is 0.158. The second-order valence-corrected chi connectivity index (χ2v) is 7.50. The molecule has 0 fully saturated rings. The van der Waals surface area contributed by atoms with Crippen molar-refractivity contribution in [1.29, 1.82) is 0 Å². The number of nitrogens with two attached hydrogens (primary N) is 1. The number of amides is 2. The second kappa shape index (κ2) is 6.31. The summed E-state index contributed by atoms with van der Waals surface area (Å²) in [6, 6.07) is 7.22. The van der Waals surface area contributed by atoms with E-state index in [2.05, 4.69) is 9.97 Å². The van der Waals surface area contributed by atoms with E-state index in [0.717, 1.165) is 6.42 Å². The first-order chi connectivity index (χ1) is 13.6. The molecular formula is C19H15N5O3S. The SMILES string of the molecule is NC(=O)c1ncn2c(-c3ccco3)cc(C(=O)N3CCc4sccc4C3)nc12. The van der Waals surface area contributed by atoms with Crippen molar-refractivity contribution in [2.45, 2.75) is 13.0 Å². The topological polar surface area (TPSA) is 107 Å². The lowest BCUT2D eigenvalue weighted by molar-refractivity contribution is 0.0729. The van der Waals surface area contributed by atoms with E-state index in [0.29, 0.717) is 24.5 Å². The van der Waals surface area contributed by atoms with E-state index in [1.807, 2.05) is 11.4 Å². The highest BCUT2D eigenvalue weighted by atomic mass is 32.1. The van der Waals surface area contributed by atoms with Gasteiger partial charge in [-0.1, -0.05) is 0 Å². The summed E-state index contributed by atoms with van der Waals surface area (Å²) in [7, 11) is 0. The average Bonchev–Trinajstić information content (AvgIpc) is 3.45. The van der Waals surface area contributed by atoms with Crippen LogP contribution in [0.2, 0.25) is 0 Å². The zero-order valence-corrected chi connectivity index (χ0v) is 15.5. The lowest BCUT2D eigenvalue weighted by Crippen LogP contribution is -2.36. The highest BCUT2D eigenvalue weighted by Gasteiger charge is 2.26. The molecule has 0 saturated heterocycles. The maximum Gasteiger partial charge on any atom is 0.272 e. The van der Waals surface area contributed by atoms with E-state index >= 15 is 0 Å². The van der Waals surface area contributed by atoms with Crippen LogP contribution < -0.4 is 5.73 Å². The van der Waals surface area contributed by atoms with Gasteiger partial charge in [0.25, 0.3) is 11.8 Å². The molecule has 0 atom stereocenters. The van der Waals surface area contributed by atoms with Gasteiger partial charge in [0.2, 0.25) is 0 Å². The molecule has 0 radical (unpaired) electrons. The van der Waals surface area contributed by atoms with Crippen LogP contribution in [0.15, 0.2) is 46.7 Å². The number of aromatic nitrogens is 3. The van der Waals surface area contributed by atoms with Crippen LogP contribution in [0.25, 0.3) is 17.1 Å². The van der Waals surface area contributed by atoms with Gasteiger partial charge in [-0.3, -0.25) is 14.0 Å². The van der Waals surface area contributed by atoms with Crippen molar-refractivity contribution in [3.05, 3.63) is 64.1 Å². The Kier molecular flexibility index (Phi) is 3.76. The monoisotopic (exact) mass is 393 g/mol. The van der Waals surface area contributed by atoms with Crippen molar-refractivity contribution in [2.75, 3.05) is 6.54 Å². The number of hydrogen-bond donors (Lipinski definition) is 1. The van der Waals surface area contributed by atoms with Crippen LogP contribution in [0, 0.1) is 0 Å². The van der Waals surface area contributed by atoms with E-state index in [-0.39, 0.29) is 22.9 Å². The van der Waals surface area contributed by atoms with Crippen molar-refractivity contribution < 1.29 is 14.0 Å². The zero-order valence-electron chi connectivity index (χ0n) is 14.7. The Morgan fingerprint density at radius 3 is 2.96 bits per heavy atom. The van der Waals surface area contributed by atoms with Gasteiger partial charge in [-0.15, -0.1) is 11.3 Å². The zero-order chi connectivity index (χ0) is 19.3. The Labute approximate surface area is 163 Å². The Balaban J connectivity index is 1.62. The minimum Gasteiger partial charge on any atom is -0.463 e. The quantitative estimate of drug-likeness (QED) is 0.575. The predicted molar refractivity (Wildman–Crippen MR) is 102 cm³/mol. The van der Waals surface area contributed by atoms with Crippen molar-refractivity contribution in [2.24, 2.45) is 5.73 Å². The minimum atomic E-state index is -0.703. The van der Waals surface area contributed by atoms with E-state index in [4.69, 9.17) is 10.2 Å². The van der Waals surface area contributed by atoms with Gasteiger partial charge in [-0.25, -0.2) is 9.97 Å². The minimum absolute atomic E-state index is 0.0150. The van der Waals surface area contributed by atoms with Crippen LogP contribution in [0.5, 0.6) is 0 Å². The van der Waals surface area contributed by atoms with Gasteiger partial charge in [-0.2, -0.15) is 0 Å². The number of furan rings is 1. The Hall–Kier alpha value is -3.46. The van der Waals surface area contributed by atoms with Crippen LogP contribution in [-0.2, 0) is 13.0 Å². The first-order valence-corrected chi connectivity index (χ1v) is 9.56. The number of thiophene rings is 1. The lowest BCUT2D eigenvalue weighted by atomic mass is 10.1. The molecule has 2 amide bonds. The number of carbonyl (C=O) groups is 2. The fourth-order valence-corrected chi connectivity index (χ4v) is 4.34. The summed E-state index contributed by atoms with van der Waals surface area (Å²) in [5, 5.41) is 2.05. The third-order valence-electron chi connectivity index (χ3n) is 4.82. The maximum atomic E-state index is 13.2. The summed E-state index contributed by atoms with van der Waals surface area (Å²) < 4.78 is 7.10. The number of nitrogens with zero attached hydrogens (tertiary/aromatic N) is 4. The average molecular weight is 393 g/mol. The molecule has 0 saturated carbocycles. The number of imidazole rings is 1. The number of rotatable bonds is 3. The fourth-order valence-electron chi connectivity index (χ4n) is 3.45. The van der Waals surface area contributed by atoms with E-state index in [9.17, 15) is 9.59 Å². The molecule has 0 bridgehead atoms. The summed E-state index contributed by atoms with van der Waals surface area (Å²) in [5.74, 6) is -0.372. The molecule has 4 aromatic rings. The van der Waals surface area contributed by atoms with Crippen LogP contribution in [-0.4, -0.2) is 37.6 Å². The van der Waals surface area contributed by atoms with Gasteiger partial charge in [0, 0.05) is 18.0 Å². The van der Waals surface area contributed by atoms with Gasteiger partial charge in [0.05, 0.1) is 12.0 Å². The smallest absolute Gasteiger partial charge is 0.272 e. The van der Waals surface area contributed by atoms with Gasteiger partial charge in [0.15, 0.2) is 17.1 Å². The summed E-state index contributed by atoms with van der Waals surface area (Å²) in [6.07, 6.45) is 3.82. The number of primary amides is 1. The molecule has 2 N–H and O–H groups in total. The first-order valence-electron chi connectivity index (χ1n) is 8.68. The molecule has 9 heteroatoms. The Bertz CT molecular complexity index is 1210. The second-order valence-electron chi connectivity index (χ2n) is 6.50. The van der Waals surface area contributed by atoms with Gasteiger partial charge >= 0.3 is 0 Å². The molecule has 5 heterocycles. The number of fused-ring (bicyclic) bond motifs is 2. The molecular weight excluding hydrogens is 378 g/mol. The van der Waals surface area contributed by atoms with Gasteiger partial charge < -0.3 is 15.1 Å². The lowest BCUT2D eigenvalue weighted by Gasteiger charge is -2.26. The van der Waals surface area contributed by atoms with Gasteiger partial charge in [0.1, 0.15) is 12.0 Å².